The number of fused-ring (bicyclic) bond motifs is 1. The third kappa shape index (κ3) is 6.67. The Morgan fingerprint density at radius 3 is 2.25 bits per heavy atom. The van der Waals surface area contributed by atoms with Gasteiger partial charge in [-0.1, -0.05) is 38.1 Å². The fraction of sp³-hybridized carbons (Fsp3) is 0.333. The molecule has 1 N–H and O–H groups in total. The smallest absolute Gasteiger partial charge is 0.254 e. The Morgan fingerprint density at radius 2 is 1.59 bits per heavy atom. The van der Waals surface area contributed by atoms with Crippen LogP contribution in [-0.4, -0.2) is 79.2 Å². The van der Waals surface area contributed by atoms with Gasteiger partial charge in [0.15, 0.2) is 15.6 Å². The minimum absolute atomic E-state index is 0.0132. The van der Waals surface area contributed by atoms with Gasteiger partial charge >= 0.3 is 0 Å². The number of ether oxygens (including phenoxy) is 1. The summed E-state index contributed by atoms with van der Waals surface area (Å²) in [4.78, 5) is 56.6. The lowest BCUT2D eigenvalue weighted by Gasteiger charge is -2.29. The summed E-state index contributed by atoms with van der Waals surface area (Å²) < 4.78 is 29.8. The number of Topliss-reactive ketones (excluding diaryl/α,β-unsaturated/α-hetero) is 1. The summed E-state index contributed by atoms with van der Waals surface area (Å²) in [6.45, 7) is 3.96. The standard InChI is InChI=1S/C33H35N3O7S/c1-21(2)18-27(34-31(38)22-12-14-25(15-13-22)43-24-9-5-4-6-10-24)33(40)35-17-16-28-30(35)29(37)20-36(28)32(39)23-8-7-11-26(19-23)44(3,41)42/h4-15,19,21,27-28,30H,16-18,20H2,1-3H3,(H,34,38)/t27-,28?,30-/m0/s1. The molecule has 0 bridgehead atoms. The molecular weight excluding hydrogens is 582 g/mol. The predicted octanol–water partition coefficient (Wildman–Crippen LogP) is 3.72. The number of likely N-dealkylation sites (tertiary alicyclic amines) is 2. The van der Waals surface area contributed by atoms with E-state index in [-0.39, 0.29) is 41.2 Å². The van der Waals surface area contributed by atoms with Gasteiger partial charge in [-0.15, -0.1) is 0 Å². The molecule has 0 saturated carbocycles. The average Bonchev–Trinajstić information content (AvgIpc) is 3.57. The van der Waals surface area contributed by atoms with Crippen LogP contribution in [0.5, 0.6) is 11.5 Å². The van der Waals surface area contributed by atoms with Crippen LogP contribution in [0.4, 0.5) is 0 Å². The van der Waals surface area contributed by atoms with E-state index >= 15 is 0 Å². The highest BCUT2D eigenvalue weighted by atomic mass is 32.2. The van der Waals surface area contributed by atoms with Crippen molar-refractivity contribution in [2.45, 2.75) is 49.7 Å². The number of nitrogens with zero attached hydrogens (tertiary/aromatic N) is 2. The van der Waals surface area contributed by atoms with E-state index in [0.717, 1.165) is 6.26 Å². The number of hydrogen-bond acceptors (Lipinski definition) is 7. The Balaban J connectivity index is 1.29. The van der Waals surface area contributed by atoms with Crippen LogP contribution in [0, 0.1) is 5.92 Å². The third-order valence-electron chi connectivity index (χ3n) is 7.88. The van der Waals surface area contributed by atoms with Crippen LogP contribution in [0.3, 0.4) is 0 Å². The number of benzene rings is 3. The van der Waals surface area contributed by atoms with Gasteiger partial charge < -0.3 is 19.9 Å². The van der Waals surface area contributed by atoms with Crippen LogP contribution in [0.1, 0.15) is 47.4 Å². The Morgan fingerprint density at radius 1 is 0.909 bits per heavy atom. The molecule has 0 radical (unpaired) electrons. The molecule has 2 fully saturated rings. The summed E-state index contributed by atoms with van der Waals surface area (Å²) >= 11 is 0. The van der Waals surface area contributed by atoms with Gasteiger partial charge in [0.05, 0.1) is 17.5 Å². The van der Waals surface area contributed by atoms with Gasteiger partial charge in [-0.3, -0.25) is 19.2 Å². The Labute approximate surface area is 256 Å². The monoisotopic (exact) mass is 617 g/mol. The number of carbonyl (C=O) groups is 4. The molecule has 3 aromatic rings. The van der Waals surface area contributed by atoms with Crippen molar-refractivity contribution in [2.24, 2.45) is 5.92 Å². The Hall–Kier alpha value is -4.51. The molecule has 3 aromatic carbocycles. The molecule has 1 unspecified atom stereocenters. The second-order valence-corrected chi connectivity index (χ2v) is 13.6. The van der Waals surface area contributed by atoms with E-state index in [1.54, 1.807) is 24.3 Å². The van der Waals surface area contributed by atoms with Gasteiger partial charge in [-0.25, -0.2) is 8.42 Å². The van der Waals surface area contributed by atoms with Crippen LogP contribution < -0.4 is 10.1 Å². The summed E-state index contributed by atoms with van der Waals surface area (Å²) in [7, 11) is -3.53. The topological polar surface area (TPSA) is 130 Å². The summed E-state index contributed by atoms with van der Waals surface area (Å²) in [6, 6.07) is 19.4. The number of hydrogen-bond donors (Lipinski definition) is 1. The van der Waals surface area contributed by atoms with Gasteiger partial charge in [-0.05, 0) is 73.4 Å². The molecule has 5 rings (SSSR count). The number of ketones is 1. The van der Waals surface area contributed by atoms with E-state index in [2.05, 4.69) is 5.32 Å². The van der Waals surface area contributed by atoms with Crippen molar-refractivity contribution in [1.29, 1.82) is 0 Å². The maximum absolute atomic E-state index is 13.9. The van der Waals surface area contributed by atoms with Gasteiger partial charge in [-0.2, -0.15) is 0 Å². The quantitative estimate of drug-likeness (QED) is 0.387. The first-order chi connectivity index (χ1) is 20.9. The molecule has 2 saturated heterocycles. The van der Waals surface area contributed by atoms with Crippen LogP contribution in [0.15, 0.2) is 83.8 Å². The third-order valence-corrected chi connectivity index (χ3v) is 8.99. The first kappa shape index (κ1) is 30.9. The number of sulfone groups is 1. The van der Waals surface area contributed by atoms with E-state index in [9.17, 15) is 27.6 Å². The number of carbonyl (C=O) groups excluding carboxylic acids is 4. The fourth-order valence-corrected chi connectivity index (χ4v) is 6.47. The number of para-hydroxylation sites is 1. The average molecular weight is 618 g/mol. The molecule has 3 amide bonds. The highest BCUT2D eigenvalue weighted by Crippen LogP contribution is 2.32. The van der Waals surface area contributed by atoms with E-state index < -0.39 is 39.8 Å². The maximum Gasteiger partial charge on any atom is 0.254 e. The zero-order valence-corrected chi connectivity index (χ0v) is 25.6. The maximum atomic E-state index is 13.9. The minimum atomic E-state index is -3.53. The summed E-state index contributed by atoms with van der Waals surface area (Å²) in [5.74, 6) is -0.220. The second-order valence-electron chi connectivity index (χ2n) is 11.6. The SMILES string of the molecule is CC(C)C[C@H](NC(=O)c1ccc(Oc2ccccc2)cc1)C(=O)N1CCC2[C@H]1C(=O)CN2C(=O)c1cccc(S(C)(=O)=O)c1. The Kier molecular flexibility index (Phi) is 8.87. The highest BCUT2D eigenvalue weighted by molar-refractivity contribution is 7.90. The predicted molar refractivity (Wildman–Crippen MR) is 163 cm³/mol. The summed E-state index contributed by atoms with van der Waals surface area (Å²) in [5, 5.41) is 2.87. The van der Waals surface area contributed by atoms with E-state index in [4.69, 9.17) is 4.74 Å². The normalized spacial score (nSPS) is 18.7. The molecule has 230 valence electrons. The molecule has 0 aliphatic carbocycles. The van der Waals surface area contributed by atoms with Crippen molar-refractivity contribution in [2.75, 3.05) is 19.3 Å². The molecule has 0 aromatic heterocycles. The van der Waals surface area contributed by atoms with Crippen molar-refractivity contribution in [3.63, 3.8) is 0 Å². The second kappa shape index (κ2) is 12.6. The molecule has 11 heteroatoms. The number of amides is 3. The van der Waals surface area contributed by atoms with Crippen LogP contribution in [0.2, 0.25) is 0 Å². The molecule has 2 aliphatic rings. The van der Waals surface area contributed by atoms with Crippen LogP contribution in [0.25, 0.3) is 0 Å². The minimum Gasteiger partial charge on any atom is -0.457 e. The largest absolute Gasteiger partial charge is 0.457 e. The van der Waals surface area contributed by atoms with E-state index in [0.29, 0.717) is 29.9 Å². The lowest BCUT2D eigenvalue weighted by molar-refractivity contribution is -0.138. The van der Waals surface area contributed by atoms with Crippen LogP contribution >= 0.6 is 0 Å². The molecular formula is C33H35N3O7S. The molecule has 2 aliphatic heterocycles. The highest BCUT2D eigenvalue weighted by Gasteiger charge is 2.52. The number of rotatable bonds is 9. The Bertz CT molecular complexity index is 1670. The lowest BCUT2D eigenvalue weighted by atomic mass is 10.0. The summed E-state index contributed by atoms with van der Waals surface area (Å²) in [5.41, 5.74) is 0.521. The van der Waals surface area contributed by atoms with Crippen molar-refractivity contribution >= 4 is 33.3 Å². The van der Waals surface area contributed by atoms with Crippen molar-refractivity contribution < 1.29 is 32.3 Å². The van der Waals surface area contributed by atoms with Crippen molar-refractivity contribution in [1.82, 2.24) is 15.1 Å². The zero-order chi connectivity index (χ0) is 31.6. The van der Waals surface area contributed by atoms with Crippen molar-refractivity contribution in [3.8, 4) is 11.5 Å². The number of nitrogens with one attached hydrogen (secondary N) is 1. The van der Waals surface area contributed by atoms with Gasteiger partial charge in [0.25, 0.3) is 11.8 Å². The van der Waals surface area contributed by atoms with Gasteiger partial charge in [0.1, 0.15) is 23.6 Å². The molecule has 2 heterocycles. The zero-order valence-electron chi connectivity index (χ0n) is 24.8. The van der Waals surface area contributed by atoms with Gasteiger partial charge in [0.2, 0.25) is 5.91 Å². The molecule has 10 nitrogen and oxygen atoms in total. The summed E-state index contributed by atoms with van der Waals surface area (Å²) in [6.07, 6.45) is 1.82. The van der Waals surface area contributed by atoms with Crippen molar-refractivity contribution in [3.05, 3.63) is 90.0 Å². The van der Waals surface area contributed by atoms with E-state index in [1.807, 2.05) is 44.2 Å². The first-order valence-corrected chi connectivity index (χ1v) is 16.4. The first-order valence-electron chi connectivity index (χ1n) is 14.5. The van der Waals surface area contributed by atoms with E-state index in [1.165, 1.54) is 34.1 Å². The molecule has 3 atom stereocenters. The fourth-order valence-electron chi connectivity index (χ4n) is 5.80. The van der Waals surface area contributed by atoms with Crippen LogP contribution in [-0.2, 0) is 19.4 Å². The van der Waals surface area contributed by atoms with Gasteiger partial charge in [0, 0.05) is 23.9 Å². The molecule has 0 spiro atoms. The molecule has 44 heavy (non-hydrogen) atoms. The lowest BCUT2D eigenvalue weighted by Crippen LogP contribution is -2.53.